The van der Waals surface area contributed by atoms with Gasteiger partial charge in [0.25, 0.3) is 0 Å². The molecule has 0 aliphatic rings. The van der Waals surface area contributed by atoms with E-state index in [1.807, 2.05) is 0 Å². The lowest BCUT2D eigenvalue weighted by molar-refractivity contribution is 0.0472. The molecule has 2 rings (SSSR count). The molecule has 2 aromatic rings. The van der Waals surface area contributed by atoms with Gasteiger partial charge in [0.05, 0.1) is 15.5 Å². The number of benzene rings is 2. The van der Waals surface area contributed by atoms with Crippen molar-refractivity contribution in [2.45, 2.75) is 11.5 Å². The molecule has 5 nitrogen and oxygen atoms in total. The lowest BCUT2D eigenvalue weighted by Gasteiger charge is -2.13. The number of rotatable bonds is 5. The van der Waals surface area contributed by atoms with Gasteiger partial charge in [-0.05, 0) is 35.9 Å². The molecule has 0 atom stereocenters. The highest BCUT2D eigenvalue weighted by atomic mass is 35.5. The first kappa shape index (κ1) is 18.7. The topological polar surface area (TPSA) is 63.7 Å². The van der Waals surface area contributed by atoms with Crippen molar-refractivity contribution < 1.29 is 17.9 Å². The molecule has 0 unspecified atom stereocenters. The van der Waals surface area contributed by atoms with Gasteiger partial charge in [0.15, 0.2) is 0 Å². The third kappa shape index (κ3) is 4.27. The average molecular weight is 388 g/mol. The summed E-state index contributed by atoms with van der Waals surface area (Å²) in [5.41, 5.74) is 0.745. The van der Waals surface area contributed by atoms with E-state index in [9.17, 15) is 13.2 Å². The fourth-order valence-electron chi connectivity index (χ4n) is 1.84. The second-order valence-corrected chi connectivity index (χ2v) is 8.13. The Balaban J connectivity index is 2.21. The molecule has 0 fully saturated rings. The van der Waals surface area contributed by atoms with Crippen LogP contribution in [0.5, 0.6) is 0 Å². The van der Waals surface area contributed by atoms with Crippen LogP contribution in [-0.2, 0) is 21.4 Å². The number of hydrogen-bond acceptors (Lipinski definition) is 4. The number of halogens is 2. The van der Waals surface area contributed by atoms with Crippen LogP contribution in [0.15, 0.2) is 47.4 Å². The van der Waals surface area contributed by atoms with Gasteiger partial charge >= 0.3 is 5.97 Å². The number of ether oxygens (including phenoxy) is 1. The van der Waals surface area contributed by atoms with Gasteiger partial charge in [0.2, 0.25) is 10.0 Å². The highest BCUT2D eigenvalue weighted by molar-refractivity contribution is 7.89. The molecule has 0 aliphatic heterocycles. The minimum Gasteiger partial charge on any atom is -0.457 e. The van der Waals surface area contributed by atoms with E-state index in [-0.39, 0.29) is 22.1 Å². The Morgan fingerprint density at radius 1 is 1.08 bits per heavy atom. The molecule has 0 saturated carbocycles. The normalized spacial score (nSPS) is 11.5. The van der Waals surface area contributed by atoms with Crippen LogP contribution in [0.1, 0.15) is 15.9 Å². The number of nitrogens with zero attached hydrogens (tertiary/aromatic N) is 1. The zero-order valence-electron chi connectivity index (χ0n) is 13.0. The molecule has 0 heterocycles. The van der Waals surface area contributed by atoms with Crippen molar-refractivity contribution in [3.63, 3.8) is 0 Å². The molecular weight excluding hydrogens is 373 g/mol. The Morgan fingerprint density at radius 3 is 2.29 bits per heavy atom. The summed E-state index contributed by atoms with van der Waals surface area (Å²) in [6.45, 7) is 0.0248. The maximum Gasteiger partial charge on any atom is 0.340 e. The van der Waals surface area contributed by atoms with E-state index in [0.29, 0.717) is 5.02 Å². The van der Waals surface area contributed by atoms with Gasteiger partial charge in [-0.15, -0.1) is 0 Å². The van der Waals surface area contributed by atoms with Crippen LogP contribution in [0.25, 0.3) is 0 Å². The minimum atomic E-state index is -3.67. The Labute approximate surface area is 150 Å². The molecule has 0 spiro atoms. The molecular formula is C16H15Cl2NO4S. The third-order valence-electron chi connectivity index (χ3n) is 3.22. The fraction of sp³-hybridized carbons (Fsp3) is 0.188. The van der Waals surface area contributed by atoms with Crippen molar-refractivity contribution in [1.29, 1.82) is 0 Å². The number of esters is 1. The van der Waals surface area contributed by atoms with E-state index >= 15 is 0 Å². The number of hydrogen-bond donors (Lipinski definition) is 0. The van der Waals surface area contributed by atoms with Gasteiger partial charge in [-0.1, -0.05) is 35.3 Å². The monoisotopic (exact) mass is 387 g/mol. The summed E-state index contributed by atoms with van der Waals surface area (Å²) < 4.78 is 30.5. The lowest BCUT2D eigenvalue weighted by Crippen LogP contribution is -2.22. The minimum absolute atomic E-state index is 0.00597. The van der Waals surface area contributed by atoms with Crippen LogP contribution in [0, 0.1) is 0 Å². The maximum atomic E-state index is 12.2. The summed E-state index contributed by atoms with van der Waals surface area (Å²) in [5, 5.41) is 0.698. The Morgan fingerprint density at radius 2 is 1.71 bits per heavy atom. The summed E-state index contributed by atoms with van der Waals surface area (Å²) >= 11 is 11.8. The van der Waals surface area contributed by atoms with Crippen molar-refractivity contribution >= 4 is 39.2 Å². The van der Waals surface area contributed by atoms with Gasteiger partial charge in [0.1, 0.15) is 6.61 Å². The second-order valence-electron chi connectivity index (χ2n) is 5.13. The summed E-state index contributed by atoms with van der Waals surface area (Å²) in [6.07, 6.45) is 0. The van der Waals surface area contributed by atoms with E-state index in [2.05, 4.69) is 0 Å². The zero-order valence-corrected chi connectivity index (χ0v) is 15.3. The largest absolute Gasteiger partial charge is 0.457 e. The van der Waals surface area contributed by atoms with Crippen molar-refractivity contribution in [3.8, 4) is 0 Å². The fourth-order valence-corrected chi connectivity index (χ4v) is 3.09. The molecule has 0 saturated heterocycles. The highest BCUT2D eigenvalue weighted by Gasteiger charge is 2.21. The molecule has 0 amide bonds. The van der Waals surface area contributed by atoms with E-state index < -0.39 is 16.0 Å². The molecule has 0 bridgehead atoms. The predicted molar refractivity (Wildman–Crippen MR) is 92.9 cm³/mol. The molecule has 24 heavy (non-hydrogen) atoms. The standard InChI is InChI=1S/C16H15Cl2NO4S/c1-19(2)24(21,22)13-7-8-15(18)14(9-13)16(20)23-10-11-3-5-12(17)6-4-11/h3-9H,10H2,1-2H3. The molecule has 0 N–H and O–H groups in total. The molecule has 0 aromatic heterocycles. The van der Waals surface area contributed by atoms with Crippen molar-refractivity contribution in [3.05, 3.63) is 63.6 Å². The summed E-state index contributed by atoms with van der Waals surface area (Å²) in [6, 6.07) is 10.7. The van der Waals surface area contributed by atoms with Crippen LogP contribution in [-0.4, -0.2) is 32.8 Å². The van der Waals surface area contributed by atoms with E-state index in [0.717, 1.165) is 9.87 Å². The average Bonchev–Trinajstić information content (AvgIpc) is 2.54. The second kappa shape index (κ2) is 7.53. The SMILES string of the molecule is CN(C)S(=O)(=O)c1ccc(Cl)c(C(=O)OCc2ccc(Cl)cc2)c1. The number of carbonyl (C=O) groups excluding carboxylic acids is 1. The summed E-state index contributed by atoms with van der Waals surface area (Å²) in [7, 11) is -0.859. The first-order valence-electron chi connectivity index (χ1n) is 6.85. The van der Waals surface area contributed by atoms with Gasteiger partial charge in [-0.3, -0.25) is 0 Å². The van der Waals surface area contributed by atoms with E-state index in [4.69, 9.17) is 27.9 Å². The lowest BCUT2D eigenvalue weighted by atomic mass is 10.2. The predicted octanol–water partition coefficient (Wildman–Crippen LogP) is 3.60. The number of carbonyl (C=O) groups is 1. The number of sulfonamides is 1. The molecule has 0 aliphatic carbocycles. The van der Waals surface area contributed by atoms with Crippen LogP contribution in [0.3, 0.4) is 0 Å². The first-order chi connectivity index (χ1) is 11.2. The Bertz CT molecular complexity index is 849. The highest BCUT2D eigenvalue weighted by Crippen LogP contribution is 2.23. The Hall–Kier alpha value is -1.60. The van der Waals surface area contributed by atoms with Gasteiger partial charge < -0.3 is 4.74 Å². The van der Waals surface area contributed by atoms with Gasteiger partial charge in [-0.2, -0.15) is 0 Å². The summed E-state index contributed by atoms with van der Waals surface area (Å²) in [4.78, 5) is 12.2. The van der Waals surface area contributed by atoms with Crippen LogP contribution in [0.4, 0.5) is 0 Å². The third-order valence-corrected chi connectivity index (χ3v) is 5.61. The van der Waals surface area contributed by atoms with Crippen molar-refractivity contribution in [1.82, 2.24) is 4.31 Å². The first-order valence-corrected chi connectivity index (χ1v) is 9.05. The van der Waals surface area contributed by atoms with E-state index in [1.165, 1.54) is 32.3 Å². The molecule has 0 radical (unpaired) electrons. The molecule has 128 valence electrons. The zero-order chi connectivity index (χ0) is 17.9. The Kier molecular flexibility index (Phi) is 5.87. The summed E-state index contributed by atoms with van der Waals surface area (Å²) in [5.74, 6) is -0.703. The molecule has 8 heteroatoms. The quantitative estimate of drug-likeness (QED) is 0.735. The van der Waals surface area contributed by atoms with E-state index in [1.54, 1.807) is 24.3 Å². The van der Waals surface area contributed by atoms with Gasteiger partial charge in [-0.25, -0.2) is 17.5 Å². The smallest absolute Gasteiger partial charge is 0.340 e. The van der Waals surface area contributed by atoms with Crippen LogP contribution in [0.2, 0.25) is 10.0 Å². The van der Waals surface area contributed by atoms with Gasteiger partial charge in [0, 0.05) is 19.1 Å². The van der Waals surface area contributed by atoms with Crippen molar-refractivity contribution in [2.24, 2.45) is 0 Å². The van der Waals surface area contributed by atoms with Crippen LogP contribution < -0.4 is 0 Å². The van der Waals surface area contributed by atoms with Crippen molar-refractivity contribution in [2.75, 3.05) is 14.1 Å². The molecule has 2 aromatic carbocycles. The van der Waals surface area contributed by atoms with Crippen LogP contribution >= 0.6 is 23.2 Å². The maximum absolute atomic E-state index is 12.2.